The van der Waals surface area contributed by atoms with Crippen LogP contribution in [0.1, 0.15) is 13.3 Å². The summed E-state index contributed by atoms with van der Waals surface area (Å²) < 4.78 is 0. The molecular weight excluding hydrogens is 171 g/mol. The third-order valence-electron chi connectivity index (χ3n) is 0.224. The minimum atomic E-state index is 0. The Bertz CT molecular complexity index is 11.7. The second-order valence-electron chi connectivity index (χ2n) is 0.724. The van der Waals surface area contributed by atoms with Gasteiger partial charge in [0.15, 0.2) is 0 Å². The third kappa shape index (κ3) is 48.3. The van der Waals surface area contributed by atoms with Crippen molar-refractivity contribution in [1.29, 1.82) is 0 Å². The van der Waals surface area contributed by atoms with Gasteiger partial charge in [-0.25, -0.2) is 0 Å². The van der Waals surface area contributed by atoms with E-state index in [-0.39, 0.29) is 26.2 Å². The van der Waals surface area contributed by atoms with Crippen molar-refractivity contribution in [2.75, 3.05) is 13.7 Å². The molecule has 0 atom stereocenters. The second kappa shape index (κ2) is 29.2. The van der Waals surface area contributed by atoms with Crippen LogP contribution in [0.2, 0.25) is 0 Å². The van der Waals surface area contributed by atoms with Crippen molar-refractivity contribution in [3.63, 3.8) is 0 Å². The van der Waals surface area contributed by atoms with Crippen LogP contribution in [0.3, 0.4) is 0 Å². The van der Waals surface area contributed by atoms with Gasteiger partial charge in [-0.15, -0.1) is 0 Å². The minimum Gasteiger partial charge on any atom is -0.400 e. The van der Waals surface area contributed by atoms with Crippen LogP contribution in [-0.4, -0.2) is 23.9 Å². The zero-order valence-electron chi connectivity index (χ0n) is 4.81. The van der Waals surface area contributed by atoms with E-state index in [0.717, 1.165) is 13.5 Å². The van der Waals surface area contributed by atoms with Crippen LogP contribution in [-0.2, 0) is 26.2 Å². The Morgan fingerprint density at radius 2 is 1.43 bits per heavy atom. The van der Waals surface area contributed by atoms with Gasteiger partial charge < -0.3 is 10.2 Å². The molecule has 3 heteroatoms. The monoisotopic (exact) mass is 182 g/mol. The van der Waals surface area contributed by atoms with Crippen LogP contribution in [0.4, 0.5) is 0 Å². The van der Waals surface area contributed by atoms with Gasteiger partial charge in [-0.3, -0.25) is 0 Å². The molecule has 0 aliphatic heterocycles. The van der Waals surface area contributed by atoms with Crippen LogP contribution in [0, 0.1) is 0 Å². The molecule has 0 saturated carbocycles. The molecule has 0 bridgehead atoms. The summed E-state index contributed by atoms with van der Waals surface area (Å²) in [6.45, 7) is 2.25. The van der Waals surface area contributed by atoms with Crippen molar-refractivity contribution in [3.05, 3.63) is 0 Å². The Kier molecular flexibility index (Phi) is 65.2. The summed E-state index contributed by atoms with van der Waals surface area (Å²) in [5, 5.41) is 14.9. The van der Waals surface area contributed by atoms with Crippen LogP contribution < -0.4 is 0 Å². The van der Waals surface area contributed by atoms with E-state index in [1.807, 2.05) is 6.92 Å². The van der Waals surface area contributed by atoms with Crippen molar-refractivity contribution in [1.82, 2.24) is 0 Å². The summed E-state index contributed by atoms with van der Waals surface area (Å²) in [4.78, 5) is 0. The van der Waals surface area contributed by atoms with Gasteiger partial charge in [0.25, 0.3) is 0 Å². The molecule has 0 aliphatic rings. The summed E-state index contributed by atoms with van der Waals surface area (Å²) in [5.41, 5.74) is 0. The van der Waals surface area contributed by atoms with E-state index in [4.69, 9.17) is 10.2 Å². The number of hydrogen-bond acceptors (Lipinski definition) is 2. The maximum absolute atomic E-state index is 7.88. The number of hydrogen-bond donors (Lipinski definition) is 2. The van der Waals surface area contributed by atoms with Crippen molar-refractivity contribution in [3.8, 4) is 0 Å². The molecule has 0 aromatic carbocycles. The molecule has 0 rings (SSSR count). The van der Waals surface area contributed by atoms with Gasteiger partial charge in [0.2, 0.25) is 0 Å². The van der Waals surface area contributed by atoms with E-state index in [1.165, 1.54) is 0 Å². The molecule has 2 N–H and O–H groups in total. The number of aliphatic hydroxyl groups is 2. The first-order valence-corrected chi connectivity index (χ1v) is 1.97. The normalized spacial score (nSPS) is 5.14. The van der Waals surface area contributed by atoms with Crippen LogP contribution >= 0.6 is 0 Å². The van der Waals surface area contributed by atoms with Crippen molar-refractivity contribution in [2.45, 2.75) is 13.3 Å². The Balaban J connectivity index is -0.0000000480. The third-order valence-corrected chi connectivity index (χ3v) is 0.224. The second-order valence-corrected chi connectivity index (χ2v) is 0.724. The maximum atomic E-state index is 7.88. The predicted molar refractivity (Wildman–Crippen MR) is 25.5 cm³/mol. The van der Waals surface area contributed by atoms with Crippen molar-refractivity contribution >= 4 is 0 Å². The van der Waals surface area contributed by atoms with Crippen LogP contribution in [0.5, 0.6) is 0 Å². The van der Waals surface area contributed by atoms with Crippen LogP contribution in [0.15, 0.2) is 0 Å². The molecule has 0 aromatic heterocycles. The summed E-state index contributed by atoms with van der Waals surface area (Å²) in [6, 6.07) is 0. The van der Waals surface area contributed by atoms with E-state index < -0.39 is 0 Å². The number of rotatable bonds is 1. The summed E-state index contributed by atoms with van der Waals surface area (Å²) in [7, 11) is 1.00. The zero-order chi connectivity index (χ0) is 5.41. The fourth-order valence-electron chi connectivity index (χ4n) is 0. The summed E-state index contributed by atoms with van der Waals surface area (Å²) in [6.07, 6.45) is 0.875. The van der Waals surface area contributed by atoms with Gasteiger partial charge >= 0.3 is 0 Å². The molecule has 0 radical (unpaired) electrons. The average Bonchev–Trinajstić information content (AvgIpc) is 1.72. The van der Waals surface area contributed by atoms with E-state index >= 15 is 0 Å². The van der Waals surface area contributed by atoms with Crippen molar-refractivity contribution in [2.24, 2.45) is 0 Å². The Morgan fingerprint density at radius 1 is 1.29 bits per heavy atom. The number of aliphatic hydroxyl groups excluding tert-OH is 2. The van der Waals surface area contributed by atoms with Gasteiger partial charge in [-0.2, -0.15) is 0 Å². The molecule has 0 aromatic rings. The smallest absolute Gasteiger partial charge is 0.0428 e. The molecule has 0 fully saturated rings. The van der Waals surface area contributed by atoms with E-state index in [1.54, 1.807) is 0 Å². The van der Waals surface area contributed by atoms with Crippen LogP contribution in [0.25, 0.3) is 0 Å². The molecule has 44 valence electrons. The Labute approximate surface area is 63.7 Å². The average molecular weight is 183 g/mol. The maximum Gasteiger partial charge on any atom is 0.0428 e. The van der Waals surface area contributed by atoms with E-state index in [2.05, 4.69) is 0 Å². The fraction of sp³-hybridized carbons (Fsp3) is 1.00. The van der Waals surface area contributed by atoms with Gasteiger partial charge in [0, 0.05) is 39.9 Å². The summed E-state index contributed by atoms with van der Waals surface area (Å²) in [5.74, 6) is 0. The molecule has 2 nitrogen and oxygen atoms in total. The zero-order valence-corrected chi connectivity index (χ0v) is 7.27. The molecule has 0 amide bonds. The SMILES string of the molecule is CCCO.CO.[Zr]. The molecule has 0 unspecified atom stereocenters. The Hall–Kier alpha value is 0.803. The van der Waals surface area contributed by atoms with Gasteiger partial charge in [-0.1, -0.05) is 6.92 Å². The van der Waals surface area contributed by atoms with Crippen molar-refractivity contribution < 1.29 is 36.4 Å². The standard InChI is InChI=1S/C3H8O.CH4O.Zr/c1-2-3-4;1-2;/h4H,2-3H2,1H3;2H,1H3;. The first kappa shape index (κ1) is 15.7. The molecule has 0 aliphatic carbocycles. The molecular formula is C4H12O2Zr. The Morgan fingerprint density at radius 3 is 1.43 bits per heavy atom. The topological polar surface area (TPSA) is 40.5 Å². The van der Waals surface area contributed by atoms with Gasteiger partial charge in [0.05, 0.1) is 0 Å². The minimum absolute atomic E-state index is 0. The van der Waals surface area contributed by atoms with E-state index in [0.29, 0.717) is 6.61 Å². The molecule has 7 heavy (non-hydrogen) atoms. The van der Waals surface area contributed by atoms with E-state index in [9.17, 15) is 0 Å². The molecule has 0 spiro atoms. The largest absolute Gasteiger partial charge is 0.400 e. The summed E-state index contributed by atoms with van der Waals surface area (Å²) >= 11 is 0. The molecule has 0 saturated heterocycles. The van der Waals surface area contributed by atoms with Gasteiger partial charge in [-0.05, 0) is 6.42 Å². The quantitative estimate of drug-likeness (QED) is 0.600. The predicted octanol–water partition coefficient (Wildman–Crippen LogP) is -0.00530. The first-order valence-electron chi connectivity index (χ1n) is 1.97. The fourth-order valence-corrected chi connectivity index (χ4v) is 0. The first-order chi connectivity index (χ1) is 2.91. The molecule has 0 heterocycles. The van der Waals surface area contributed by atoms with Gasteiger partial charge in [0.1, 0.15) is 0 Å².